The molecule has 21 heavy (non-hydrogen) atoms. The van der Waals surface area contributed by atoms with Gasteiger partial charge in [-0.25, -0.2) is 0 Å². The van der Waals surface area contributed by atoms with E-state index in [0.717, 1.165) is 18.8 Å². The summed E-state index contributed by atoms with van der Waals surface area (Å²) in [5.74, 6) is 2.72. The lowest BCUT2D eigenvalue weighted by Crippen LogP contribution is -2.42. The van der Waals surface area contributed by atoms with Crippen LogP contribution in [-0.4, -0.2) is 29.7 Å². The van der Waals surface area contributed by atoms with Gasteiger partial charge in [0.1, 0.15) is 11.5 Å². The second-order valence-electron chi connectivity index (χ2n) is 6.48. The first-order valence-electron chi connectivity index (χ1n) is 7.74. The number of amides is 1. The fourth-order valence-electron chi connectivity index (χ4n) is 3.27. The summed E-state index contributed by atoms with van der Waals surface area (Å²) < 4.78 is 5.56. The van der Waals surface area contributed by atoms with Crippen molar-refractivity contribution in [3.8, 4) is 0 Å². The van der Waals surface area contributed by atoms with E-state index in [9.17, 15) is 9.59 Å². The number of carbonyl (C=O) groups is 2. The van der Waals surface area contributed by atoms with E-state index in [-0.39, 0.29) is 11.7 Å². The fourth-order valence-corrected chi connectivity index (χ4v) is 3.27. The van der Waals surface area contributed by atoms with Crippen LogP contribution in [-0.2, 0) is 11.2 Å². The average molecular weight is 291 g/mol. The molecule has 4 heteroatoms. The first-order valence-corrected chi connectivity index (χ1v) is 7.74. The largest absolute Gasteiger partial charge is 0.466 e. The Kier molecular flexibility index (Phi) is 4.86. The van der Waals surface area contributed by atoms with Gasteiger partial charge in [0.2, 0.25) is 5.91 Å². The van der Waals surface area contributed by atoms with Gasteiger partial charge >= 0.3 is 0 Å². The monoisotopic (exact) mass is 291 g/mol. The van der Waals surface area contributed by atoms with E-state index in [2.05, 4.69) is 13.8 Å². The SMILES string of the molecule is CC(=O)c1cc(CCC(=O)N2C[C@@H](C)C[C@H](C)C2)oc1C. The molecule has 1 aromatic rings. The van der Waals surface area contributed by atoms with Crippen molar-refractivity contribution < 1.29 is 14.0 Å². The lowest BCUT2D eigenvalue weighted by atomic mass is 9.91. The van der Waals surface area contributed by atoms with Crippen LogP contribution >= 0.6 is 0 Å². The van der Waals surface area contributed by atoms with E-state index in [0.29, 0.717) is 36.0 Å². The van der Waals surface area contributed by atoms with Crippen LogP contribution < -0.4 is 0 Å². The Bertz CT molecular complexity index is 522. The fraction of sp³-hybridized carbons (Fsp3) is 0.647. The summed E-state index contributed by atoms with van der Waals surface area (Å²) in [7, 11) is 0. The van der Waals surface area contributed by atoms with Gasteiger partial charge in [-0.15, -0.1) is 0 Å². The van der Waals surface area contributed by atoms with Gasteiger partial charge in [0.05, 0.1) is 5.56 Å². The molecule has 2 heterocycles. The smallest absolute Gasteiger partial charge is 0.223 e. The molecule has 0 aromatic carbocycles. The van der Waals surface area contributed by atoms with Crippen molar-refractivity contribution in [3.05, 3.63) is 23.2 Å². The molecule has 0 spiro atoms. The number of likely N-dealkylation sites (tertiary alicyclic amines) is 1. The summed E-state index contributed by atoms with van der Waals surface area (Å²) in [5, 5.41) is 0. The molecular formula is C17H25NO3. The van der Waals surface area contributed by atoms with Crippen LogP contribution in [0, 0.1) is 18.8 Å². The lowest BCUT2D eigenvalue weighted by Gasteiger charge is -2.35. The maximum absolute atomic E-state index is 12.3. The molecule has 116 valence electrons. The van der Waals surface area contributed by atoms with E-state index in [1.807, 2.05) is 4.90 Å². The molecule has 0 unspecified atom stereocenters. The predicted octanol–water partition coefficient (Wildman–Crippen LogP) is 3.23. The highest BCUT2D eigenvalue weighted by atomic mass is 16.3. The third kappa shape index (κ3) is 3.96. The molecule has 1 aliphatic heterocycles. The van der Waals surface area contributed by atoms with E-state index in [1.54, 1.807) is 13.0 Å². The highest BCUT2D eigenvalue weighted by molar-refractivity contribution is 5.95. The molecule has 1 aliphatic rings. The van der Waals surface area contributed by atoms with Gasteiger partial charge in [0, 0.05) is 25.9 Å². The topological polar surface area (TPSA) is 50.5 Å². The van der Waals surface area contributed by atoms with Crippen LogP contribution in [0.25, 0.3) is 0 Å². The minimum Gasteiger partial charge on any atom is -0.466 e. The molecule has 1 fully saturated rings. The summed E-state index contributed by atoms with van der Waals surface area (Å²) in [6, 6.07) is 1.77. The third-order valence-electron chi connectivity index (χ3n) is 4.15. The molecule has 0 saturated carbocycles. The van der Waals surface area contributed by atoms with Crippen LogP contribution in [0.15, 0.2) is 10.5 Å². The normalized spacial score (nSPS) is 22.4. The van der Waals surface area contributed by atoms with Gasteiger partial charge in [0.15, 0.2) is 5.78 Å². The average Bonchev–Trinajstić information content (AvgIpc) is 2.76. The number of furan rings is 1. The van der Waals surface area contributed by atoms with Gasteiger partial charge < -0.3 is 9.32 Å². The molecular weight excluding hydrogens is 266 g/mol. The minimum absolute atomic E-state index is 0.00695. The number of Topliss-reactive ketones (excluding diaryl/α,β-unsaturated/α-hetero) is 1. The van der Waals surface area contributed by atoms with Crippen molar-refractivity contribution in [2.45, 2.75) is 47.0 Å². The zero-order valence-corrected chi connectivity index (χ0v) is 13.4. The maximum Gasteiger partial charge on any atom is 0.223 e. The van der Waals surface area contributed by atoms with Crippen molar-refractivity contribution in [3.63, 3.8) is 0 Å². The van der Waals surface area contributed by atoms with Gasteiger partial charge in [-0.1, -0.05) is 13.8 Å². The molecule has 2 rings (SSSR count). The molecule has 0 aliphatic carbocycles. The number of hydrogen-bond donors (Lipinski definition) is 0. The third-order valence-corrected chi connectivity index (χ3v) is 4.15. The molecule has 2 atom stereocenters. The van der Waals surface area contributed by atoms with Crippen molar-refractivity contribution in [1.29, 1.82) is 0 Å². The summed E-state index contributed by atoms with van der Waals surface area (Å²) in [6.07, 6.45) is 2.21. The Balaban J connectivity index is 1.92. The van der Waals surface area contributed by atoms with Crippen molar-refractivity contribution >= 4 is 11.7 Å². The lowest BCUT2D eigenvalue weighted by molar-refractivity contribution is -0.133. The van der Waals surface area contributed by atoms with Gasteiger partial charge in [0.25, 0.3) is 0 Å². The number of piperidine rings is 1. The molecule has 0 radical (unpaired) electrons. The molecule has 4 nitrogen and oxygen atoms in total. The Morgan fingerprint density at radius 2 is 1.90 bits per heavy atom. The summed E-state index contributed by atoms with van der Waals surface area (Å²) in [4.78, 5) is 25.7. The Hall–Kier alpha value is -1.58. The van der Waals surface area contributed by atoms with E-state index in [4.69, 9.17) is 4.42 Å². The van der Waals surface area contributed by atoms with Crippen molar-refractivity contribution in [1.82, 2.24) is 4.90 Å². The zero-order valence-electron chi connectivity index (χ0n) is 13.4. The van der Waals surface area contributed by atoms with Crippen LogP contribution in [0.1, 0.15) is 55.5 Å². The number of ketones is 1. The highest BCUT2D eigenvalue weighted by Crippen LogP contribution is 2.22. The Morgan fingerprint density at radius 1 is 1.29 bits per heavy atom. The first kappa shape index (κ1) is 15.8. The molecule has 0 bridgehead atoms. The standard InChI is InChI=1S/C17H25NO3/c1-11-7-12(2)10-18(9-11)17(20)6-5-15-8-16(13(3)19)14(4)21-15/h8,11-12H,5-7,9-10H2,1-4H3/t11-,12-/m0/s1. The Morgan fingerprint density at radius 3 is 2.43 bits per heavy atom. The number of carbonyl (C=O) groups excluding carboxylic acids is 2. The van der Waals surface area contributed by atoms with Crippen LogP contribution in [0.4, 0.5) is 0 Å². The van der Waals surface area contributed by atoms with Crippen molar-refractivity contribution in [2.75, 3.05) is 13.1 Å². The summed E-state index contributed by atoms with van der Waals surface area (Å²) in [6.45, 7) is 9.44. The number of aryl methyl sites for hydroxylation is 2. The maximum atomic E-state index is 12.3. The van der Waals surface area contributed by atoms with E-state index < -0.39 is 0 Å². The quantitative estimate of drug-likeness (QED) is 0.800. The summed E-state index contributed by atoms with van der Waals surface area (Å²) in [5.41, 5.74) is 0.623. The predicted molar refractivity (Wildman–Crippen MR) is 81.3 cm³/mol. The first-order chi connectivity index (χ1) is 9.86. The van der Waals surface area contributed by atoms with E-state index >= 15 is 0 Å². The molecule has 1 saturated heterocycles. The second-order valence-corrected chi connectivity index (χ2v) is 6.48. The van der Waals surface area contributed by atoms with Gasteiger partial charge in [-0.05, 0) is 38.2 Å². The zero-order chi connectivity index (χ0) is 15.6. The van der Waals surface area contributed by atoms with Gasteiger partial charge in [-0.2, -0.15) is 0 Å². The van der Waals surface area contributed by atoms with Crippen LogP contribution in [0.2, 0.25) is 0 Å². The van der Waals surface area contributed by atoms with E-state index in [1.165, 1.54) is 13.3 Å². The number of nitrogens with zero attached hydrogens (tertiary/aromatic N) is 1. The van der Waals surface area contributed by atoms with Crippen molar-refractivity contribution in [2.24, 2.45) is 11.8 Å². The van der Waals surface area contributed by atoms with Gasteiger partial charge in [-0.3, -0.25) is 9.59 Å². The minimum atomic E-state index is 0.00695. The highest BCUT2D eigenvalue weighted by Gasteiger charge is 2.25. The number of rotatable bonds is 4. The second kappa shape index (κ2) is 6.46. The Labute approximate surface area is 126 Å². The molecule has 1 aromatic heterocycles. The molecule has 0 N–H and O–H groups in total. The summed E-state index contributed by atoms with van der Waals surface area (Å²) >= 11 is 0. The van der Waals surface area contributed by atoms with Crippen LogP contribution in [0.5, 0.6) is 0 Å². The molecule has 1 amide bonds. The number of hydrogen-bond acceptors (Lipinski definition) is 3. The van der Waals surface area contributed by atoms with Crippen LogP contribution in [0.3, 0.4) is 0 Å².